The first kappa shape index (κ1) is 14.0. The Morgan fingerprint density at radius 2 is 1.86 bits per heavy atom. The van der Waals surface area contributed by atoms with Crippen molar-refractivity contribution in [1.82, 2.24) is 9.29 Å². The first-order valence-electron chi connectivity index (χ1n) is 6.23. The SMILES string of the molecule is O=c1[nH]c2ccc(S(=O)(=O)N3CCOCC3)cc2c(=O)o1. The predicted octanol–water partition coefficient (Wildman–Crippen LogP) is -0.498. The Kier molecular flexibility index (Phi) is 3.40. The van der Waals surface area contributed by atoms with Crippen molar-refractivity contribution in [3.05, 3.63) is 39.2 Å². The van der Waals surface area contributed by atoms with E-state index in [9.17, 15) is 18.0 Å². The summed E-state index contributed by atoms with van der Waals surface area (Å²) in [5.74, 6) is -0.878. The molecule has 21 heavy (non-hydrogen) atoms. The summed E-state index contributed by atoms with van der Waals surface area (Å²) in [6.07, 6.45) is 0. The van der Waals surface area contributed by atoms with Crippen LogP contribution in [-0.2, 0) is 14.8 Å². The van der Waals surface area contributed by atoms with Crippen LogP contribution < -0.4 is 11.4 Å². The Hall–Kier alpha value is -1.97. The lowest BCUT2D eigenvalue weighted by Crippen LogP contribution is -2.40. The van der Waals surface area contributed by atoms with Gasteiger partial charge in [-0.3, -0.25) is 4.98 Å². The van der Waals surface area contributed by atoms with Gasteiger partial charge in [-0.05, 0) is 18.2 Å². The fraction of sp³-hybridized carbons (Fsp3) is 0.333. The maximum Gasteiger partial charge on any atom is 0.419 e. The lowest BCUT2D eigenvalue weighted by Gasteiger charge is -2.26. The number of rotatable bonds is 2. The molecule has 1 saturated heterocycles. The molecule has 0 bridgehead atoms. The van der Waals surface area contributed by atoms with Crippen LogP contribution in [0, 0.1) is 0 Å². The van der Waals surface area contributed by atoms with Gasteiger partial charge < -0.3 is 9.15 Å². The van der Waals surface area contributed by atoms with Crippen molar-refractivity contribution >= 4 is 20.9 Å². The van der Waals surface area contributed by atoms with Crippen molar-refractivity contribution in [2.45, 2.75) is 4.90 Å². The lowest BCUT2D eigenvalue weighted by molar-refractivity contribution is 0.0730. The van der Waals surface area contributed by atoms with Crippen LogP contribution in [0.2, 0.25) is 0 Å². The van der Waals surface area contributed by atoms with E-state index in [2.05, 4.69) is 9.40 Å². The summed E-state index contributed by atoms with van der Waals surface area (Å²) in [7, 11) is -3.70. The zero-order valence-electron chi connectivity index (χ0n) is 10.9. The predicted molar refractivity (Wildman–Crippen MR) is 72.7 cm³/mol. The number of nitrogens with one attached hydrogen (secondary N) is 1. The fourth-order valence-electron chi connectivity index (χ4n) is 2.17. The molecular weight excluding hydrogens is 300 g/mol. The quantitative estimate of drug-likeness (QED) is 0.800. The number of hydrogen-bond acceptors (Lipinski definition) is 6. The number of aromatic nitrogens is 1. The molecule has 1 aliphatic rings. The highest BCUT2D eigenvalue weighted by Crippen LogP contribution is 2.19. The number of aromatic amines is 1. The van der Waals surface area contributed by atoms with Gasteiger partial charge in [-0.25, -0.2) is 18.0 Å². The number of hydrogen-bond donors (Lipinski definition) is 1. The third-order valence-electron chi connectivity index (χ3n) is 3.24. The molecule has 0 unspecified atom stereocenters. The van der Waals surface area contributed by atoms with Crippen LogP contribution in [0.3, 0.4) is 0 Å². The molecule has 1 N–H and O–H groups in total. The highest BCUT2D eigenvalue weighted by atomic mass is 32.2. The van der Waals surface area contributed by atoms with Gasteiger partial charge in [0, 0.05) is 13.1 Å². The minimum absolute atomic E-state index is 0.0174. The number of sulfonamides is 1. The average Bonchev–Trinajstić information content (AvgIpc) is 2.47. The van der Waals surface area contributed by atoms with Crippen LogP contribution in [0.1, 0.15) is 0 Å². The van der Waals surface area contributed by atoms with Gasteiger partial charge in [0.1, 0.15) is 0 Å². The Labute approximate surface area is 119 Å². The molecule has 8 nitrogen and oxygen atoms in total. The topological polar surface area (TPSA) is 110 Å². The van der Waals surface area contributed by atoms with Gasteiger partial charge in [0.2, 0.25) is 10.0 Å². The van der Waals surface area contributed by atoms with E-state index in [1.54, 1.807) is 0 Å². The van der Waals surface area contributed by atoms with Crippen LogP contribution in [0.25, 0.3) is 10.9 Å². The molecule has 1 fully saturated rings. The molecule has 9 heteroatoms. The molecule has 0 aliphatic carbocycles. The zero-order chi connectivity index (χ0) is 15.0. The van der Waals surface area contributed by atoms with Gasteiger partial charge in [-0.15, -0.1) is 0 Å². The van der Waals surface area contributed by atoms with Crippen LogP contribution in [0.4, 0.5) is 0 Å². The van der Waals surface area contributed by atoms with Gasteiger partial charge in [0.25, 0.3) is 0 Å². The van der Waals surface area contributed by atoms with E-state index in [0.29, 0.717) is 13.2 Å². The summed E-state index contributed by atoms with van der Waals surface area (Å²) >= 11 is 0. The third kappa shape index (κ3) is 2.50. The Morgan fingerprint density at radius 1 is 1.14 bits per heavy atom. The number of benzene rings is 1. The van der Waals surface area contributed by atoms with E-state index in [4.69, 9.17) is 4.74 Å². The smallest absolute Gasteiger partial charge is 0.379 e. The van der Waals surface area contributed by atoms with Crippen molar-refractivity contribution in [1.29, 1.82) is 0 Å². The molecule has 0 saturated carbocycles. The summed E-state index contributed by atoms with van der Waals surface area (Å²) in [6, 6.07) is 3.94. The molecule has 0 amide bonds. The Morgan fingerprint density at radius 3 is 2.57 bits per heavy atom. The standard InChI is InChI=1S/C12H12N2O6S/c15-11-9-7-8(1-2-10(9)13-12(16)20-11)21(17,18)14-3-5-19-6-4-14/h1-2,7H,3-6H2,(H,13,16). The highest BCUT2D eigenvalue weighted by Gasteiger charge is 2.26. The number of fused-ring (bicyclic) bond motifs is 1. The summed E-state index contributed by atoms with van der Waals surface area (Å²) < 4.78 is 35.8. The molecule has 2 aromatic rings. The van der Waals surface area contributed by atoms with Crippen molar-refractivity contribution in [3.63, 3.8) is 0 Å². The molecule has 3 rings (SSSR count). The molecule has 112 valence electrons. The summed E-state index contributed by atoms with van der Waals surface area (Å²) in [4.78, 5) is 25.0. The molecule has 0 atom stereocenters. The molecule has 1 aliphatic heterocycles. The first-order valence-corrected chi connectivity index (χ1v) is 7.67. The fourth-order valence-corrected chi connectivity index (χ4v) is 3.61. The molecular formula is C12H12N2O6S. The van der Waals surface area contributed by atoms with Gasteiger partial charge in [-0.2, -0.15) is 4.31 Å². The van der Waals surface area contributed by atoms with Crippen molar-refractivity contribution in [2.75, 3.05) is 26.3 Å². The Balaban J connectivity index is 2.12. The maximum atomic E-state index is 12.5. The van der Waals surface area contributed by atoms with Crippen LogP contribution in [-0.4, -0.2) is 44.0 Å². The van der Waals surface area contributed by atoms with Crippen molar-refractivity contribution in [2.24, 2.45) is 0 Å². The first-order chi connectivity index (χ1) is 9.98. The summed E-state index contributed by atoms with van der Waals surface area (Å²) in [5, 5.41) is 0.0175. The monoisotopic (exact) mass is 312 g/mol. The molecule has 0 spiro atoms. The summed E-state index contributed by atoms with van der Waals surface area (Å²) in [5.41, 5.74) is -0.634. The average molecular weight is 312 g/mol. The third-order valence-corrected chi connectivity index (χ3v) is 5.14. The van der Waals surface area contributed by atoms with E-state index < -0.39 is 21.4 Å². The second kappa shape index (κ2) is 5.10. The minimum Gasteiger partial charge on any atom is -0.379 e. The number of H-pyrrole nitrogens is 1. The number of morpholine rings is 1. The zero-order valence-corrected chi connectivity index (χ0v) is 11.7. The van der Waals surface area contributed by atoms with E-state index in [-0.39, 0.29) is 28.9 Å². The minimum atomic E-state index is -3.70. The van der Waals surface area contributed by atoms with Gasteiger partial charge in [0.15, 0.2) is 0 Å². The second-order valence-electron chi connectivity index (χ2n) is 4.53. The van der Waals surface area contributed by atoms with E-state index in [1.165, 1.54) is 22.5 Å². The molecule has 0 radical (unpaired) electrons. The van der Waals surface area contributed by atoms with E-state index >= 15 is 0 Å². The van der Waals surface area contributed by atoms with Crippen LogP contribution in [0.5, 0.6) is 0 Å². The number of nitrogens with zero attached hydrogens (tertiary/aromatic N) is 1. The van der Waals surface area contributed by atoms with E-state index in [1.807, 2.05) is 0 Å². The van der Waals surface area contributed by atoms with Gasteiger partial charge in [0.05, 0.1) is 29.0 Å². The van der Waals surface area contributed by atoms with E-state index in [0.717, 1.165) is 0 Å². The second-order valence-corrected chi connectivity index (χ2v) is 6.46. The number of ether oxygens (including phenoxy) is 1. The van der Waals surface area contributed by atoms with Gasteiger partial charge in [-0.1, -0.05) is 0 Å². The Bertz CT molecular complexity index is 892. The lowest BCUT2D eigenvalue weighted by atomic mass is 10.2. The van der Waals surface area contributed by atoms with Crippen LogP contribution in [0.15, 0.2) is 37.1 Å². The normalized spacial score (nSPS) is 17.1. The van der Waals surface area contributed by atoms with Crippen LogP contribution >= 0.6 is 0 Å². The van der Waals surface area contributed by atoms with Gasteiger partial charge >= 0.3 is 11.4 Å². The van der Waals surface area contributed by atoms with Crippen molar-refractivity contribution < 1.29 is 17.6 Å². The molecule has 2 heterocycles. The summed E-state index contributed by atoms with van der Waals surface area (Å²) in [6.45, 7) is 1.20. The molecule has 1 aromatic carbocycles. The van der Waals surface area contributed by atoms with Crippen molar-refractivity contribution in [3.8, 4) is 0 Å². The maximum absolute atomic E-state index is 12.5. The largest absolute Gasteiger partial charge is 0.419 e. The molecule has 1 aromatic heterocycles. The highest BCUT2D eigenvalue weighted by molar-refractivity contribution is 7.89.